The molecule has 0 radical (unpaired) electrons. The standard InChI is InChI=1S/C18H36N2O/c1-5-20-11-12-21-17(14-20)13-19-16-8-6-7-15(9-10-16)18(2,3)4/h15-17,19H,5-14H2,1-4H3. The summed E-state index contributed by atoms with van der Waals surface area (Å²) in [6.07, 6.45) is 7.24. The zero-order chi connectivity index (χ0) is 15.3. The zero-order valence-electron chi connectivity index (χ0n) is 14.7. The second-order valence-corrected chi connectivity index (χ2v) is 8.06. The van der Waals surface area contributed by atoms with Crippen LogP contribution >= 0.6 is 0 Å². The molecule has 0 aromatic carbocycles. The number of hydrogen-bond acceptors (Lipinski definition) is 3. The molecular formula is C18H36N2O. The van der Waals surface area contributed by atoms with Gasteiger partial charge in [-0.1, -0.05) is 34.1 Å². The van der Waals surface area contributed by atoms with Crippen molar-refractivity contribution in [2.75, 3.05) is 32.8 Å². The van der Waals surface area contributed by atoms with Gasteiger partial charge in [0.15, 0.2) is 0 Å². The number of likely N-dealkylation sites (N-methyl/N-ethyl adjacent to an activating group) is 1. The predicted molar refractivity (Wildman–Crippen MR) is 89.7 cm³/mol. The first-order chi connectivity index (χ1) is 9.99. The van der Waals surface area contributed by atoms with Crippen molar-refractivity contribution in [3.8, 4) is 0 Å². The Morgan fingerprint density at radius 1 is 1.14 bits per heavy atom. The molecule has 1 saturated carbocycles. The van der Waals surface area contributed by atoms with Crippen LogP contribution in [-0.4, -0.2) is 49.8 Å². The van der Waals surface area contributed by atoms with Crippen molar-refractivity contribution in [1.82, 2.24) is 10.2 Å². The van der Waals surface area contributed by atoms with Crippen LogP contribution < -0.4 is 5.32 Å². The highest BCUT2D eigenvalue weighted by atomic mass is 16.5. The molecule has 3 heteroatoms. The van der Waals surface area contributed by atoms with Crippen LogP contribution in [0.4, 0.5) is 0 Å². The fourth-order valence-corrected chi connectivity index (χ4v) is 3.86. The lowest BCUT2D eigenvalue weighted by atomic mass is 9.76. The predicted octanol–water partition coefficient (Wildman–Crippen LogP) is 3.29. The van der Waals surface area contributed by atoms with Crippen LogP contribution in [0.3, 0.4) is 0 Å². The van der Waals surface area contributed by atoms with Crippen molar-refractivity contribution in [1.29, 1.82) is 0 Å². The van der Waals surface area contributed by atoms with Crippen molar-refractivity contribution in [2.45, 2.75) is 71.9 Å². The smallest absolute Gasteiger partial charge is 0.0826 e. The summed E-state index contributed by atoms with van der Waals surface area (Å²) >= 11 is 0. The molecule has 2 aliphatic rings. The van der Waals surface area contributed by atoms with Crippen molar-refractivity contribution < 1.29 is 4.74 Å². The molecule has 2 fully saturated rings. The monoisotopic (exact) mass is 296 g/mol. The Hall–Kier alpha value is -0.120. The van der Waals surface area contributed by atoms with Crippen molar-refractivity contribution >= 4 is 0 Å². The molecule has 3 nitrogen and oxygen atoms in total. The molecule has 0 amide bonds. The Kier molecular flexibility index (Phi) is 6.51. The van der Waals surface area contributed by atoms with Gasteiger partial charge in [-0.3, -0.25) is 4.90 Å². The molecule has 3 atom stereocenters. The van der Waals surface area contributed by atoms with Crippen molar-refractivity contribution in [3.63, 3.8) is 0 Å². The number of rotatable bonds is 4. The second kappa shape index (κ2) is 7.94. The molecule has 2 rings (SSSR count). The van der Waals surface area contributed by atoms with E-state index in [-0.39, 0.29) is 0 Å². The molecule has 1 saturated heterocycles. The Balaban J connectivity index is 1.71. The summed E-state index contributed by atoms with van der Waals surface area (Å²) in [4.78, 5) is 2.50. The molecule has 1 heterocycles. The van der Waals surface area contributed by atoms with E-state index >= 15 is 0 Å². The summed E-state index contributed by atoms with van der Waals surface area (Å²) in [6.45, 7) is 14.7. The highest BCUT2D eigenvalue weighted by molar-refractivity contribution is 4.82. The number of nitrogens with one attached hydrogen (secondary N) is 1. The summed E-state index contributed by atoms with van der Waals surface area (Å²) in [7, 11) is 0. The van der Waals surface area contributed by atoms with E-state index < -0.39 is 0 Å². The number of hydrogen-bond donors (Lipinski definition) is 1. The summed E-state index contributed by atoms with van der Waals surface area (Å²) in [5.74, 6) is 0.894. The molecule has 0 aromatic heterocycles. The van der Waals surface area contributed by atoms with Crippen LogP contribution in [0.15, 0.2) is 0 Å². The molecule has 124 valence electrons. The van der Waals surface area contributed by atoms with Gasteiger partial charge in [0.1, 0.15) is 0 Å². The van der Waals surface area contributed by atoms with Gasteiger partial charge >= 0.3 is 0 Å². The fourth-order valence-electron chi connectivity index (χ4n) is 3.86. The normalized spacial score (nSPS) is 32.9. The summed E-state index contributed by atoms with van der Waals surface area (Å²) in [5.41, 5.74) is 0.475. The summed E-state index contributed by atoms with van der Waals surface area (Å²) < 4.78 is 5.90. The van der Waals surface area contributed by atoms with Crippen molar-refractivity contribution in [2.24, 2.45) is 11.3 Å². The maximum absolute atomic E-state index is 5.90. The van der Waals surface area contributed by atoms with Crippen LogP contribution in [-0.2, 0) is 4.74 Å². The molecule has 0 aromatic rings. The topological polar surface area (TPSA) is 24.5 Å². The van der Waals surface area contributed by atoms with Gasteiger partial charge in [-0.2, -0.15) is 0 Å². The number of ether oxygens (including phenoxy) is 1. The van der Waals surface area contributed by atoms with Gasteiger partial charge in [-0.05, 0) is 43.6 Å². The minimum atomic E-state index is 0.389. The third-order valence-corrected chi connectivity index (χ3v) is 5.50. The quantitative estimate of drug-likeness (QED) is 0.806. The second-order valence-electron chi connectivity index (χ2n) is 8.06. The van der Waals surface area contributed by atoms with E-state index in [2.05, 4.69) is 37.9 Å². The Morgan fingerprint density at radius 3 is 2.67 bits per heavy atom. The maximum atomic E-state index is 5.90. The average Bonchev–Trinajstić information content (AvgIpc) is 2.70. The molecule has 0 bridgehead atoms. The summed E-state index contributed by atoms with van der Waals surface area (Å²) in [5, 5.41) is 3.80. The highest BCUT2D eigenvalue weighted by Gasteiger charge is 2.28. The maximum Gasteiger partial charge on any atom is 0.0826 e. The molecule has 3 unspecified atom stereocenters. The van der Waals surface area contributed by atoms with E-state index in [1.54, 1.807) is 0 Å². The SMILES string of the molecule is CCN1CCOC(CNC2CCCC(C(C)(C)C)CC2)C1. The van der Waals surface area contributed by atoms with Crippen LogP contribution in [0.25, 0.3) is 0 Å². The van der Waals surface area contributed by atoms with E-state index in [4.69, 9.17) is 4.74 Å². The first-order valence-corrected chi connectivity index (χ1v) is 9.06. The van der Waals surface area contributed by atoms with Crippen molar-refractivity contribution in [3.05, 3.63) is 0 Å². The molecule has 1 N–H and O–H groups in total. The van der Waals surface area contributed by atoms with E-state index in [9.17, 15) is 0 Å². The minimum Gasteiger partial charge on any atom is -0.374 e. The molecule has 1 aliphatic heterocycles. The van der Waals surface area contributed by atoms with E-state index in [1.807, 2.05) is 0 Å². The number of nitrogens with zero attached hydrogens (tertiary/aromatic N) is 1. The molecule has 0 spiro atoms. The molecule has 1 aliphatic carbocycles. The Labute approximate surface area is 131 Å². The van der Waals surface area contributed by atoms with Crippen LogP contribution in [0.2, 0.25) is 0 Å². The Morgan fingerprint density at radius 2 is 1.95 bits per heavy atom. The van der Waals surface area contributed by atoms with Crippen LogP contribution in [0.5, 0.6) is 0 Å². The van der Waals surface area contributed by atoms with Gasteiger partial charge in [0.05, 0.1) is 12.7 Å². The largest absolute Gasteiger partial charge is 0.374 e. The fraction of sp³-hybridized carbons (Fsp3) is 1.00. The van der Waals surface area contributed by atoms with E-state index in [0.717, 1.165) is 38.7 Å². The average molecular weight is 296 g/mol. The van der Waals surface area contributed by atoms with Crippen LogP contribution in [0, 0.1) is 11.3 Å². The van der Waals surface area contributed by atoms with Crippen LogP contribution in [0.1, 0.15) is 59.8 Å². The Bertz CT molecular complexity index is 300. The van der Waals surface area contributed by atoms with Gasteiger partial charge in [0.25, 0.3) is 0 Å². The van der Waals surface area contributed by atoms with E-state index in [1.165, 1.54) is 32.1 Å². The van der Waals surface area contributed by atoms with E-state index in [0.29, 0.717) is 17.6 Å². The van der Waals surface area contributed by atoms with Gasteiger partial charge in [0.2, 0.25) is 0 Å². The first-order valence-electron chi connectivity index (χ1n) is 9.06. The first kappa shape index (κ1) is 17.2. The highest BCUT2D eigenvalue weighted by Crippen LogP contribution is 2.36. The molecule has 21 heavy (non-hydrogen) atoms. The number of morpholine rings is 1. The van der Waals surface area contributed by atoms with Gasteiger partial charge in [-0.25, -0.2) is 0 Å². The van der Waals surface area contributed by atoms with Gasteiger partial charge in [0, 0.05) is 25.7 Å². The third kappa shape index (κ3) is 5.54. The lowest BCUT2D eigenvalue weighted by Crippen LogP contribution is -2.48. The zero-order valence-corrected chi connectivity index (χ0v) is 14.7. The minimum absolute atomic E-state index is 0.389. The summed E-state index contributed by atoms with van der Waals surface area (Å²) in [6, 6.07) is 0.706. The molecular weight excluding hydrogens is 260 g/mol. The lowest BCUT2D eigenvalue weighted by molar-refractivity contribution is -0.0265. The van der Waals surface area contributed by atoms with Gasteiger partial charge in [-0.15, -0.1) is 0 Å². The lowest BCUT2D eigenvalue weighted by Gasteiger charge is -2.33. The van der Waals surface area contributed by atoms with Gasteiger partial charge < -0.3 is 10.1 Å². The third-order valence-electron chi connectivity index (χ3n) is 5.50.